The van der Waals surface area contributed by atoms with Gasteiger partial charge in [0.1, 0.15) is 0 Å². The van der Waals surface area contributed by atoms with Crippen molar-refractivity contribution in [2.75, 3.05) is 5.75 Å². The first-order chi connectivity index (χ1) is 6.84. The van der Waals surface area contributed by atoms with Crippen LogP contribution in [0.3, 0.4) is 0 Å². The van der Waals surface area contributed by atoms with Crippen molar-refractivity contribution in [3.05, 3.63) is 0 Å². The first-order valence-electron chi connectivity index (χ1n) is 5.14. The second-order valence-corrected chi connectivity index (χ2v) is 5.54. The van der Waals surface area contributed by atoms with Crippen LogP contribution in [0, 0.1) is 5.92 Å². The van der Waals surface area contributed by atoms with Crippen LogP contribution < -0.4 is 10.5 Å². The van der Waals surface area contributed by atoms with E-state index >= 15 is 0 Å². The third-order valence-electron chi connectivity index (χ3n) is 2.29. The highest BCUT2D eigenvalue weighted by Gasteiger charge is 2.23. The zero-order valence-electron chi connectivity index (χ0n) is 9.49. The fraction of sp³-hybridized carbons (Fsp3) is 0.889. The molecule has 0 saturated carbocycles. The molecule has 0 fully saturated rings. The lowest BCUT2D eigenvalue weighted by Gasteiger charge is -2.17. The molecule has 1 amide bonds. The van der Waals surface area contributed by atoms with Crippen molar-refractivity contribution in [3.63, 3.8) is 0 Å². The van der Waals surface area contributed by atoms with E-state index < -0.39 is 22.0 Å². The summed E-state index contributed by atoms with van der Waals surface area (Å²) in [5.41, 5.74) is 5.60. The molecule has 0 unspecified atom stereocenters. The fourth-order valence-electron chi connectivity index (χ4n) is 1.05. The highest BCUT2D eigenvalue weighted by Crippen LogP contribution is 2.05. The van der Waals surface area contributed by atoms with Crippen molar-refractivity contribution in [2.45, 2.75) is 39.7 Å². The Kier molecular flexibility index (Phi) is 5.82. The van der Waals surface area contributed by atoms with E-state index in [9.17, 15) is 13.2 Å². The van der Waals surface area contributed by atoms with Crippen LogP contribution in [0.15, 0.2) is 0 Å². The molecule has 0 aromatic rings. The molecular formula is C9H20N2O3S. The van der Waals surface area contributed by atoms with Crippen molar-refractivity contribution >= 4 is 15.9 Å². The lowest BCUT2D eigenvalue weighted by molar-refractivity contribution is -0.121. The van der Waals surface area contributed by atoms with Gasteiger partial charge in [-0.2, -0.15) is 0 Å². The Morgan fingerprint density at radius 2 is 1.93 bits per heavy atom. The number of carbonyl (C=O) groups is 1. The van der Waals surface area contributed by atoms with Crippen LogP contribution in [0.2, 0.25) is 0 Å². The minimum Gasteiger partial charge on any atom is -0.320 e. The number of sulfonamides is 1. The van der Waals surface area contributed by atoms with Crippen LogP contribution in [0.25, 0.3) is 0 Å². The monoisotopic (exact) mass is 236 g/mol. The van der Waals surface area contributed by atoms with Gasteiger partial charge in [0, 0.05) is 0 Å². The number of amides is 1. The standard InChI is InChI=1S/C9H20N2O3S/c1-4-6-15(13,14)11-9(12)8(10)7(3)5-2/h7-8H,4-6,10H2,1-3H3,(H,11,12)/t7-,8-/m0/s1. The van der Waals surface area contributed by atoms with E-state index in [-0.39, 0.29) is 11.7 Å². The van der Waals surface area contributed by atoms with Crippen LogP contribution in [0.1, 0.15) is 33.6 Å². The summed E-state index contributed by atoms with van der Waals surface area (Å²) in [6.45, 7) is 5.45. The molecule has 0 spiro atoms. The molecule has 0 heterocycles. The van der Waals surface area contributed by atoms with Gasteiger partial charge in [-0.3, -0.25) is 9.52 Å². The third kappa shape index (κ3) is 5.13. The van der Waals surface area contributed by atoms with Crippen LogP contribution >= 0.6 is 0 Å². The molecule has 0 aromatic carbocycles. The summed E-state index contributed by atoms with van der Waals surface area (Å²) in [7, 11) is -3.50. The first kappa shape index (κ1) is 14.4. The lowest BCUT2D eigenvalue weighted by Crippen LogP contribution is -2.47. The van der Waals surface area contributed by atoms with Crippen LogP contribution in [-0.4, -0.2) is 26.1 Å². The third-order valence-corrected chi connectivity index (χ3v) is 3.75. The van der Waals surface area contributed by atoms with Crippen molar-refractivity contribution in [1.82, 2.24) is 4.72 Å². The molecule has 0 aliphatic rings. The molecule has 5 nitrogen and oxygen atoms in total. The van der Waals surface area contributed by atoms with E-state index in [0.29, 0.717) is 6.42 Å². The minimum atomic E-state index is -3.50. The van der Waals surface area contributed by atoms with E-state index in [1.165, 1.54) is 0 Å². The molecule has 0 aliphatic heterocycles. The first-order valence-corrected chi connectivity index (χ1v) is 6.79. The summed E-state index contributed by atoms with van der Waals surface area (Å²) in [6.07, 6.45) is 1.21. The van der Waals surface area contributed by atoms with Gasteiger partial charge in [-0.15, -0.1) is 0 Å². The van der Waals surface area contributed by atoms with Gasteiger partial charge in [0.05, 0.1) is 11.8 Å². The smallest absolute Gasteiger partial charge is 0.250 e. The summed E-state index contributed by atoms with van der Waals surface area (Å²) in [6, 6.07) is -0.762. The Morgan fingerprint density at radius 3 is 2.33 bits per heavy atom. The lowest BCUT2D eigenvalue weighted by atomic mass is 10.00. The molecule has 90 valence electrons. The van der Waals surface area contributed by atoms with Crippen molar-refractivity contribution < 1.29 is 13.2 Å². The maximum absolute atomic E-state index is 11.4. The maximum atomic E-state index is 11.4. The van der Waals surface area contributed by atoms with Crippen LogP contribution in [-0.2, 0) is 14.8 Å². The van der Waals surface area contributed by atoms with Crippen molar-refractivity contribution in [2.24, 2.45) is 11.7 Å². The van der Waals surface area contributed by atoms with Gasteiger partial charge >= 0.3 is 0 Å². The van der Waals surface area contributed by atoms with Crippen molar-refractivity contribution in [3.8, 4) is 0 Å². The molecule has 0 aromatic heterocycles. The van der Waals surface area contributed by atoms with Crippen molar-refractivity contribution in [1.29, 1.82) is 0 Å². The average Bonchev–Trinajstić information content (AvgIpc) is 2.14. The Balaban J connectivity index is 4.37. The van der Waals surface area contributed by atoms with Gasteiger partial charge in [-0.25, -0.2) is 8.42 Å². The molecule has 0 aliphatic carbocycles. The summed E-state index contributed by atoms with van der Waals surface area (Å²) < 4.78 is 24.5. The average molecular weight is 236 g/mol. The topological polar surface area (TPSA) is 89.3 Å². The predicted octanol–water partition coefficient (Wildman–Crippen LogP) is 0.216. The summed E-state index contributed by atoms with van der Waals surface area (Å²) in [4.78, 5) is 11.4. The van der Waals surface area contributed by atoms with E-state index in [2.05, 4.69) is 0 Å². The molecule has 0 bridgehead atoms. The summed E-state index contributed by atoms with van der Waals surface area (Å²) in [5.74, 6) is -0.689. The van der Waals surface area contributed by atoms with Gasteiger partial charge in [0.2, 0.25) is 10.0 Å². The molecule has 0 rings (SSSR count). The molecule has 3 N–H and O–H groups in total. The van der Waals surface area contributed by atoms with Crippen LogP contribution in [0.5, 0.6) is 0 Å². The van der Waals surface area contributed by atoms with Crippen LogP contribution in [0.4, 0.5) is 0 Å². The number of hydrogen-bond donors (Lipinski definition) is 2. The Bertz CT molecular complexity index is 300. The quantitative estimate of drug-likeness (QED) is 0.690. The predicted molar refractivity (Wildman–Crippen MR) is 59.7 cm³/mol. The summed E-state index contributed by atoms with van der Waals surface area (Å²) in [5, 5.41) is 0. The molecular weight excluding hydrogens is 216 g/mol. The molecule has 2 atom stereocenters. The number of hydrogen-bond acceptors (Lipinski definition) is 4. The van der Waals surface area contributed by atoms with E-state index in [1.54, 1.807) is 6.92 Å². The maximum Gasteiger partial charge on any atom is 0.250 e. The zero-order chi connectivity index (χ0) is 12.1. The molecule has 15 heavy (non-hydrogen) atoms. The van der Waals surface area contributed by atoms with Gasteiger partial charge < -0.3 is 5.73 Å². The number of nitrogens with two attached hydrogens (primary N) is 1. The van der Waals surface area contributed by atoms with Gasteiger partial charge in [-0.1, -0.05) is 27.2 Å². The molecule has 0 radical (unpaired) electrons. The zero-order valence-corrected chi connectivity index (χ0v) is 10.3. The number of carbonyl (C=O) groups excluding carboxylic acids is 1. The largest absolute Gasteiger partial charge is 0.320 e. The van der Waals surface area contributed by atoms with E-state index in [4.69, 9.17) is 5.73 Å². The SMILES string of the molecule is CCCS(=O)(=O)NC(=O)[C@@H](N)[C@@H](C)CC. The second-order valence-electron chi connectivity index (χ2n) is 3.70. The normalized spacial score (nSPS) is 15.7. The summed E-state index contributed by atoms with van der Waals surface area (Å²) >= 11 is 0. The Hall–Kier alpha value is -0.620. The highest BCUT2D eigenvalue weighted by atomic mass is 32.2. The second kappa shape index (κ2) is 6.07. The number of rotatable bonds is 6. The Labute approximate surface area is 91.5 Å². The number of nitrogens with one attached hydrogen (secondary N) is 1. The van der Waals surface area contributed by atoms with E-state index in [0.717, 1.165) is 6.42 Å². The fourth-order valence-corrected chi connectivity index (χ4v) is 2.14. The highest BCUT2D eigenvalue weighted by molar-refractivity contribution is 7.90. The molecule has 0 saturated heterocycles. The Morgan fingerprint density at radius 1 is 1.40 bits per heavy atom. The molecule has 6 heteroatoms. The van der Waals surface area contributed by atoms with E-state index in [1.807, 2.05) is 18.6 Å². The minimum absolute atomic E-state index is 0.0261. The van der Waals surface area contributed by atoms with Gasteiger partial charge in [0.15, 0.2) is 0 Å². The van der Waals surface area contributed by atoms with Gasteiger partial charge in [0.25, 0.3) is 5.91 Å². The van der Waals surface area contributed by atoms with Gasteiger partial charge in [-0.05, 0) is 12.3 Å².